The number of benzene rings is 1. The van der Waals surface area contributed by atoms with Gasteiger partial charge in [0.15, 0.2) is 0 Å². The van der Waals surface area contributed by atoms with Crippen LogP contribution in [0.5, 0.6) is 5.75 Å². The minimum Gasteiger partial charge on any atom is -0.508 e. The topological polar surface area (TPSA) is 73.4 Å². The predicted octanol–water partition coefficient (Wildman–Crippen LogP) is 2.76. The maximum atomic E-state index is 12.4. The van der Waals surface area contributed by atoms with Crippen molar-refractivity contribution in [1.29, 1.82) is 0 Å². The van der Waals surface area contributed by atoms with E-state index in [1.807, 2.05) is 19.1 Å². The van der Waals surface area contributed by atoms with Crippen LogP contribution in [0.25, 0.3) is 0 Å². The van der Waals surface area contributed by atoms with Crippen molar-refractivity contribution in [3.8, 4) is 5.75 Å². The molecule has 0 saturated carbocycles. The largest absolute Gasteiger partial charge is 0.508 e. The van der Waals surface area contributed by atoms with Crippen LogP contribution in [0.4, 0.5) is 4.79 Å². The van der Waals surface area contributed by atoms with Gasteiger partial charge in [0.1, 0.15) is 5.75 Å². The van der Waals surface area contributed by atoms with E-state index in [0.29, 0.717) is 18.2 Å². The number of rotatable bonds is 5. The Hall–Kier alpha value is -2.05. The first kappa shape index (κ1) is 17.4. The van der Waals surface area contributed by atoms with Crippen LogP contribution in [0.3, 0.4) is 0 Å². The van der Waals surface area contributed by atoms with Crippen molar-refractivity contribution in [2.24, 2.45) is 0 Å². The van der Waals surface area contributed by atoms with Gasteiger partial charge in [0.25, 0.3) is 0 Å². The maximum absolute atomic E-state index is 12.4. The first-order valence-corrected chi connectivity index (χ1v) is 10.1. The van der Waals surface area contributed by atoms with Crippen LogP contribution in [0.15, 0.2) is 35.0 Å². The molecule has 4 rings (SSSR count). The predicted molar refractivity (Wildman–Crippen MR) is 104 cm³/mol. The van der Waals surface area contributed by atoms with Crippen LogP contribution in [0.1, 0.15) is 36.0 Å². The molecule has 3 atom stereocenters. The third-order valence-corrected chi connectivity index (χ3v) is 6.38. The van der Waals surface area contributed by atoms with E-state index in [1.54, 1.807) is 17.4 Å². The van der Waals surface area contributed by atoms with Gasteiger partial charge < -0.3 is 21.1 Å². The average molecular weight is 372 g/mol. The van der Waals surface area contributed by atoms with Gasteiger partial charge in [-0.05, 0) is 78.4 Å². The first-order valence-electron chi connectivity index (χ1n) is 9.18. The highest BCUT2D eigenvalue weighted by Gasteiger charge is 2.49. The number of carbonyl (C=O) groups excluding carboxylic acids is 1. The van der Waals surface area contributed by atoms with Crippen molar-refractivity contribution in [1.82, 2.24) is 16.0 Å². The fraction of sp³-hybridized carbons (Fsp3) is 0.450. The van der Waals surface area contributed by atoms with Gasteiger partial charge in [-0.15, -0.1) is 0 Å². The van der Waals surface area contributed by atoms with Gasteiger partial charge in [0.2, 0.25) is 0 Å². The van der Waals surface area contributed by atoms with Crippen molar-refractivity contribution in [2.75, 3.05) is 13.1 Å². The molecule has 2 amide bonds. The summed E-state index contributed by atoms with van der Waals surface area (Å²) in [5, 5.41) is 23.7. The Morgan fingerprint density at radius 1 is 1.46 bits per heavy atom. The lowest BCUT2D eigenvalue weighted by Gasteiger charge is -2.30. The molecule has 1 aromatic carbocycles. The van der Waals surface area contributed by atoms with Crippen molar-refractivity contribution < 1.29 is 9.90 Å². The highest BCUT2D eigenvalue weighted by Crippen LogP contribution is 2.46. The number of urea groups is 1. The van der Waals surface area contributed by atoms with Crippen LogP contribution >= 0.6 is 11.3 Å². The van der Waals surface area contributed by atoms with Crippen LogP contribution < -0.4 is 16.0 Å². The van der Waals surface area contributed by atoms with Crippen molar-refractivity contribution >= 4 is 17.4 Å². The smallest absolute Gasteiger partial charge is 0.315 e. The standard InChI is InChI=1S/C20H25N3O2S/c1-13(8-14-5-7-26-11-14)23-19(25)21-12-20-10-15-2-3-16(24)9-17(15)18(20)4-6-22-20/h2-3,5,7,9,11,13,18,22,24H,4,6,8,10,12H2,1H3,(H2,21,23,25). The molecule has 0 radical (unpaired) electrons. The van der Waals surface area contributed by atoms with Gasteiger partial charge in [0, 0.05) is 24.0 Å². The number of nitrogens with one attached hydrogen (secondary N) is 3. The lowest BCUT2D eigenvalue weighted by atomic mass is 9.86. The zero-order valence-corrected chi connectivity index (χ0v) is 15.7. The van der Waals surface area contributed by atoms with E-state index in [9.17, 15) is 9.90 Å². The number of thiophene rings is 1. The van der Waals surface area contributed by atoms with E-state index >= 15 is 0 Å². The molecule has 1 aromatic heterocycles. The van der Waals surface area contributed by atoms with E-state index in [1.165, 1.54) is 16.7 Å². The number of amides is 2. The number of hydrogen-bond acceptors (Lipinski definition) is 4. The quantitative estimate of drug-likeness (QED) is 0.653. The minimum atomic E-state index is -0.135. The molecule has 2 heterocycles. The first-order chi connectivity index (χ1) is 12.6. The van der Waals surface area contributed by atoms with Gasteiger partial charge in [-0.25, -0.2) is 4.79 Å². The molecule has 138 valence electrons. The zero-order valence-electron chi connectivity index (χ0n) is 14.9. The number of fused-ring (bicyclic) bond motifs is 3. The second-order valence-corrected chi connectivity index (χ2v) is 8.33. The molecule has 0 spiro atoms. The van der Waals surface area contributed by atoms with E-state index in [2.05, 4.69) is 32.8 Å². The van der Waals surface area contributed by atoms with Crippen molar-refractivity contribution in [2.45, 2.75) is 43.7 Å². The Kier molecular flexibility index (Phi) is 4.63. The van der Waals surface area contributed by atoms with Crippen LogP contribution in [0.2, 0.25) is 0 Å². The second-order valence-electron chi connectivity index (χ2n) is 7.55. The monoisotopic (exact) mass is 371 g/mol. The van der Waals surface area contributed by atoms with Gasteiger partial charge in [-0.3, -0.25) is 0 Å². The molecule has 1 fully saturated rings. The summed E-state index contributed by atoms with van der Waals surface area (Å²) in [7, 11) is 0. The molecule has 1 aliphatic carbocycles. The molecule has 0 bridgehead atoms. The summed E-state index contributed by atoms with van der Waals surface area (Å²) >= 11 is 1.68. The van der Waals surface area contributed by atoms with Crippen molar-refractivity contribution in [3.05, 3.63) is 51.7 Å². The summed E-state index contributed by atoms with van der Waals surface area (Å²) in [5.41, 5.74) is 3.62. The third kappa shape index (κ3) is 3.31. The van der Waals surface area contributed by atoms with E-state index in [0.717, 1.165) is 25.8 Å². The van der Waals surface area contributed by atoms with Gasteiger partial charge in [-0.2, -0.15) is 11.3 Å². The number of aromatic hydroxyl groups is 1. The molecule has 2 aromatic rings. The Balaban J connectivity index is 1.36. The summed E-state index contributed by atoms with van der Waals surface area (Å²) in [6.45, 7) is 3.56. The fourth-order valence-corrected chi connectivity index (χ4v) is 5.17. The van der Waals surface area contributed by atoms with Crippen LogP contribution in [-0.2, 0) is 12.8 Å². The van der Waals surface area contributed by atoms with Gasteiger partial charge >= 0.3 is 6.03 Å². The van der Waals surface area contributed by atoms with Gasteiger partial charge in [-0.1, -0.05) is 6.07 Å². The maximum Gasteiger partial charge on any atom is 0.315 e. The fourth-order valence-electron chi connectivity index (χ4n) is 4.49. The van der Waals surface area contributed by atoms with E-state index in [4.69, 9.17) is 0 Å². The minimum absolute atomic E-state index is 0.0900. The Labute approximate surface area is 157 Å². The molecule has 4 N–H and O–H groups in total. The zero-order chi connectivity index (χ0) is 18.1. The summed E-state index contributed by atoms with van der Waals surface area (Å²) in [6, 6.07) is 7.71. The highest BCUT2D eigenvalue weighted by atomic mass is 32.1. The van der Waals surface area contributed by atoms with E-state index in [-0.39, 0.29) is 17.6 Å². The summed E-state index contributed by atoms with van der Waals surface area (Å²) < 4.78 is 0. The molecule has 1 aliphatic heterocycles. The lowest BCUT2D eigenvalue weighted by molar-refractivity contribution is 0.231. The summed E-state index contributed by atoms with van der Waals surface area (Å²) in [6.07, 6.45) is 2.76. The molecule has 1 saturated heterocycles. The number of phenolic OH excluding ortho intramolecular Hbond substituents is 1. The molecular formula is C20H25N3O2S. The molecule has 5 nitrogen and oxygen atoms in total. The number of carbonyl (C=O) groups is 1. The number of hydrogen-bond donors (Lipinski definition) is 4. The Bertz CT molecular complexity index is 792. The molecule has 3 unspecified atom stereocenters. The molecular weight excluding hydrogens is 346 g/mol. The van der Waals surface area contributed by atoms with Crippen LogP contribution in [-0.4, -0.2) is 35.8 Å². The Morgan fingerprint density at radius 3 is 3.15 bits per heavy atom. The molecule has 6 heteroatoms. The normalized spacial score (nSPS) is 24.7. The second kappa shape index (κ2) is 6.93. The molecule has 26 heavy (non-hydrogen) atoms. The van der Waals surface area contributed by atoms with Crippen molar-refractivity contribution in [3.63, 3.8) is 0 Å². The van der Waals surface area contributed by atoms with Gasteiger partial charge in [0.05, 0.1) is 0 Å². The molecule has 2 aliphatic rings. The third-order valence-electron chi connectivity index (χ3n) is 5.65. The summed E-state index contributed by atoms with van der Waals surface area (Å²) in [5.74, 6) is 0.660. The SMILES string of the molecule is CC(Cc1ccsc1)NC(=O)NCC12Cc3ccc(O)cc3C1CCN2. The number of phenols is 1. The average Bonchev–Trinajstić information content (AvgIpc) is 3.29. The van der Waals surface area contributed by atoms with Crippen LogP contribution in [0, 0.1) is 0 Å². The highest BCUT2D eigenvalue weighted by molar-refractivity contribution is 7.07. The summed E-state index contributed by atoms with van der Waals surface area (Å²) in [4.78, 5) is 12.4. The van der Waals surface area contributed by atoms with E-state index < -0.39 is 0 Å². The lowest BCUT2D eigenvalue weighted by Crippen LogP contribution is -2.54. The Morgan fingerprint density at radius 2 is 2.35 bits per heavy atom.